The summed E-state index contributed by atoms with van der Waals surface area (Å²) in [4.78, 5) is 0. The van der Waals surface area contributed by atoms with E-state index in [2.05, 4.69) is 23.9 Å². The molecule has 1 nitrogen and oxygen atoms in total. The molecule has 0 radical (unpaired) electrons. The minimum atomic E-state index is 0.866. The van der Waals surface area contributed by atoms with Crippen LogP contribution in [-0.2, 0) is 6.42 Å². The Morgan fingerprint density at radius 2 is 1.76 bits per heavy atom. The van der Waals surface area contributed by atoms with Crippen molar-refractivity contribution in [2.45, 2.75) is 50.2 Å². The van der Waals surface area contributed by atoms with Gasteiger partial charge in [0.2, 0.25) is 0 Å². The first-order valence-corrected chi connectivity index (χ1v) is 7.85. The molecule has 17 heavy (non-hydrogen) atoms. The van der Waals surface area contributed by atoms with Gasteiger partial charge in [0.25, 0.3) is 0 Å². The van der Waals surface area contributed by atoms with Gasteiger partial charge in [-0.2, -0.15) is 11.8 Å². The summed E-state index contributed by atoms with van der Waals surface area (Å²) >= 11 is 2.20. The van der Waals surface area contributed by atoms with Crippen molar-refractivity contribution in [3.05, 3.63) is 29.8 Å². The maximum atomic E-state index is 5.67. The van der Waals surface area contributed by atoms with Gasteiger partial charge in [-0.3, -0.25) is 0 Å². The topological polar surface area (TPSA) is 26.0 Å². The molecule has 0 unspecified atom stereocenters. The second-order valence-corrected chi connectivity index (χ2v) is 6.38. The number of nitrogens with two attached hydrogens (primary N) is 1. The molecule has 0 atom stereocenters. The Labute approximate surface area is 109 Å². The Morgan fingerprint density at radius 1 is 1.06 bits per heavy atom. The fourth-order valence-corrected chi connectivity index (χ4v) is 3.75. The number of hydrogen-bond donors (Lipinski definition) is 1. The third-order valence-corrected chi connectivity index (χ3v) is 4.96. The Hall–Kier alpha value is -0.630. The van der Waals surface area contributed by atoms with Crippen LogP contribution in [0.1, 0.15) is 44.1 Å². The number of rotatable bonds is 5. The average molecular weight is 249 g/mol. The van der Waals surface area contributed by atoms with Crippen molar-refractivity contribution in [3.8, 4) is 0 Å². The van der Waals surface area contributed by atoms with Gasteiger partial charge in [0.15, 0.2) is 0 Å². The maximum Gasteiger partial charge on any atom is 0.0314 e. The summed E-state index contributed by atoms with van der Waals surface area (Å²) in [5.74, 6) is 1.31. The van der Waals surface area contributed by atoms with Gasteiger partial charge in [0, 0.05) is 10.9 Å². The molecule has 1 aliphatic carbocycles. The normalized spacial score (nSPS) is 17.2. The lowest BCUT2D eigenvalue weighted by Crippen LogP contribution is -2.08. The van der Waals surface area contributed by atoms with Crippen molar-refractivity contribution in [2.75, 3.05) is 11.5 Å². The predicted octanol–water partition coefficient (Wildman–Crippen LogP) is 4.27. The van der Waals surface area contributed by atoms with E-state index in [4.69, 9.17) is 5.73 Å². The third-order valence-electron chi connectivity index (χ3n) is 3.50. The van der Waals surface area contributed by atoms with Crippen LogP contribution in [0.25, 0.3) is 0 Å². The van der Waals surface area contributed by atoms with Gasteiger partial charge in [0.05, 0.1) is 0 Å². The monoisotopic (exact) mass is 249 g/mol. The van der Waals surface area contributed by atoms with E-state index in [0.717, 1.165) is 10.9 Å². The fourth-order valence-electron chi connectivity index (χ4n) is 2.44. The van der Waals surface area contributed by atoms with E-state index in [0.29, 0.717) is 0 Å². The van der Waals surface area contributed by atoms with Gasteiger partial charge in [-0.25, -0.2) is 0 Å². The summed E-state index contributed by atoms with van der Waals surface area (Å²) in [5, 5.41) is 0.954. The lowest BCUT2D eigenvalue weighted by atomic mass is 10.0. The van der Waals surface area contributed by atoms with Crippen molar-refractivity contribution < 1.29 is 0 Å². The zero-order valence-electron chi connectivity index (χ0n) is 10.5. The molecule has 1 fully saturated rings. The quantitative estimate of drug-likeness (QED) is 0.623. The molecule has 0 aliphatic heterocycles. The van der Waals surface area contributed by atoms with Crippen LogP contribution in [0.5, 0.6) is 0 Å². The molecule has 1 aromatic rings. The van der Waals surface area contributed by atoms with Gasteiger partial charge in [-0.1, -0.05) is 31.4 Å². The Morgan fingerprint density at radius 3 is 2.47 bits per heavy atom. The Kier molecular flexibility index (Phi) is 5.24. The lowest BCUT2D eigenvalue weighted by Gasteiger charge is -2.20. The van der Waals surface area contributed by atoms with E-state index < -0.39 is 0 Å². The van der Waals surface area contributed by atoms with Crippen LogP contribution in [0.4, 0.5) is 5.69 Å². The van der Waals surface area contributed by atoms with E-state index in [1.165, 1.54) is 56.3 Å². The number of hydrogen-bond acceptors (Lipinski definition) is 2. The number of nitrogen functional groups attached to an aromatic ring is 1. The molecule has 0 heterocycles. The number of aryl methyl sites for hydroxylation is 1. The van der Waals surface area contributed by atoms with Crippen molar-refractivity contribution >= 4 is 17.4 Å². The number of thioether (sulfide) groups is 1. The largest absolute Gasteiger partial charge is 0.399 e. The second-order valence-electron chi connectivity index (χ2n) is 4.98. The highest BCUT2D eigenvalue weighted by molar-refractivity contribution is 7.99. The first kappa shape index (κ1) is 12.8. The fraction of sp³-hybridized carbons (Fsp3) is 0.600. The highest BCUT2D eigenvalue weighted by Gasteiger charge is 2.12. The standard InChI is InChI=1S/C15H23NS/c16-14-10-8-13(9-11-14)5-4-12-17-15-6-2-1-3-7-15/h8-11,15H,1-7,12,16H2. The summed E-state index contributed by atoms with van der Waals surface area (Å²) < 4.78 is 0. The number of anilines is 1. The maximum absolute atomic E-state index is 5.67. The Bertz CT molecular complexity index is 314. The molecule has 0 saturated heterocycles. The van der Waals surface area contributed by atoms with Crippen LogP contribution >= 0.6 is 11.8 Å². The minimum Gasteiger partial charge on any atom is -0.399 e. The summed E-state index contributed by atoms with van der Waals surface area (Å²) in [7, 11) is 0. The summed E-state index contributed by atoms with van der Waals surface area (Å²) in [6.07, 6.45) is 9.76. The van der Waals surface area contributed by atoms with Gasteiger partial charge < -0.3 is 5.73 Å². The molecule has 1 saturated carbocycles. The summed E-state index contributed by atoms with van der Waals surface area (Å²) in [5.41, 5.74) is 7.96. The van der Waals surface area contributed by atoms with Crippen LogP contribution in [-0.4, -0.2) is 11.0 Å². The van der Waals surface area contributed by atoms with Crippen molar-refractivity contribution in [2.24, 2.45) is 0 Å². The van der Waals surface area contributed by atoms with Crippen LogP contribution in [0, 0.1) is 0 Å². The molecular formula is C15H23NS. The lowest BCUT2D eigenvalue weighted by molar-refractivity contribution is 0.516. The summed E-state index contributed by atoms with van der Waals surface area (Å²) in [6, 6.07) is 8.31. The van der Waals surface area contributed by atoms with Crippen LogP contribution < -0.4 is 5.73 Å². The van der Waals surface area contributed by atoms with Gasteiger partial charge in [-0.05, 0) is 49.1 Å². The van der Waals surface area contributed by atoms with E-state index >= 15 is 0 Å². The molecule has 2 heteroatoms. The van der Waals surface area contributed by atoms with E-state index in [1.54, 1.807) is 0 Å². The molecule has 2 N–H and O–H groups in total. The zero-order chi connectivity index (χ0) is 11.9. The van der Waals surface area contributed by atoms with Crippen molar-refractivity contribution in [3.63, 3.8) is 0 Å². The van der Waals surface area contributed by atoms with E-state index in [1.807, 2.05) is 12.1 Å². The molecule has 1 aromatic carbocycles. The van der Waals surface area contributed by atoms with Crippen LogP contribution in [0.2, 0.25) is 0 Å². The van der Waals surface area contributed by atoms with Crippen LogP contribution in [0.15, 0.2) is 24.3 Å². The van der Waals surface area contributed by atoms with Gasteiger partial charge >= 0.3 is 0 Å². The van der Waals surface area contributed by atoms with Crippen molar-refractivity contribution in [1.82, 2.24) is 0 Å². The number of benzene rings is 1. The highest BCUT2D eigenvalue weighted by Crippen LogP contribution is 2.28. The Balaban J connectivity index is 1.60. The molecule has 1 aliphatic rings. The minimum absolute atomic E-state index is 0.866. The molecule has 0 aromatic heterocycles. The predicted molar refractivity (Wildman–Crippen MR) is 78.5 cm³/mol. The zero-order valence-corrected chi connectivity index (χ0v) is 11.3. The molecule has 0 bridgehead atoms. The van der Waals surface area contributed by atoms with Gasteiger partial charge in [-0.15, -0.1) is 0 Å². The molecule has 0 amide bonds. The van der Waals surface area contributed by atoms with E-state index in [9.17, 15) is 0 Å². The highest BCUT2D eigenvalue weighted by atomic mass is 32.2. The molecular weight excluding hydrogens is 226 g/mol. The first-order chi connectivity index (χ1) is 8.34. The first-order valence-electron chi connectivity index (χ1n) is 6.80. The van der Waals surface area contributed by atoms with Crippen molar-refractivity contribution in [1.29, 1.82) is 0 Å². The average Bonchev–Trinajstić information content (AvgIpc) is 2.38. The summed E-state index contributed by atoms with van der Waals surface area (Å²) in [6.45, 7) is 0. The van der Waals surface area contributed by atoms with Crippen LogP contribution in [0.3, 0.4) is 0 Å². The van der Waals surface area contributed by atoms with E-state index in [-0.39, 0.29) is 0 Å². The molecule has 2 rings (SSSR count). The third kappa shape index (κ3) is 4.63. The SMILES string of the molecule is Nc1ccc(CCCSC2CCCCC2)cc1. The second kappa shape index (κ2) is 6.95. The smallest absolute Gasteiger partial charge is 0.0314 e. The molecule has 0 spiro atoms. The van der Waals surface area contributed by atoms with Gasteiger partial charge in [0.1, 0.15) is 0 Å². The molecule has 94 valence electrons.